The summed E-state index contributed by atoms with van der Waals surface area (Å²) in [4.78, 5) is 7.35. The molecule has 0 saturated heterocycles. The quantitative estimate of drug-likeness (QED) is 0.404. The second-order valence-electron chi connectivity index (χ2n) is 6.88. The Hall–Kier alpha value is -0.820. The number of benzene rings is 1. The van der Waals surface area contributed by atoms with Crippen LogP contribution in [-0.2, 0) is 13.0 Å². The molecule has 1 aliphatic heterocycles. The Kier molecular flexibility index (Phi) is 7.81. The summed E-state index contributed by atoms with van der Waals surface area (Å²) >= 11 is 0. The Morgan fingerprint density at radius 2 is 2.00 bits per heavy atom. The number of hydrogen-bond acceptors (Lipinski definition) is 2. The van der Waals surface area contributed by atoms with Crippen molar-refractivity contribution in [2.75, 3.05) is 26.2 Å². The first-order valence-electron chi connectivity index (χ1n) is 9.09. The molecule has 3 rings (SSSR count). The highest BCUT2D eigenvalue weighted by molar-refractivity contribution is 14.0. The highest BCUT2D eigenvalue weighted by Gasteiger charge is 2.22. The number of nitrogens with one attached hydrogen (secondary N) is 2. The first-order valence-corrected chi connectivity index (χ1v) is 9.09. The molecule has 0 spiro atoms. The number of nitrogens with zero attached hydrogens (tertiary/aromatic N) is 2. The topological polar surface area (TPSA) is 39.7 Å². The summed E-state index contributed by atoms with van der Waals surface area (Å²) < 4.78 is 0. The van der Waals surface area contributed by atoms with Crippen LogP contribution in [0, 0.1) is 5.92 Å². The van der Waals surface area contributed by atoms with E-state index in [1.54, 1.807) is 0 Å². The third kappa shape index (κ3) is 5.62. The lowest BCUT2D eigenvalue weighted by Crippen LogP contribution is -2.42. The van der Waals surface area contributed by atoms with Gasteiger partial charge in [0.1, 0.15) is 0 Å². The number of hydrogen-bond donors (Lipinski definition) is 2. The molecule has 1 fully saturated rings. The van der Waals surface area contributed by atoms with E-state index in [4.69, 9.17) is 4.99 Å². The summed E-state index contributed by atoms with van der Waals surface area (Å²) in [5, 5.41) is 6.84. The van der Waals surface area contributed by atoms with Crippen molar-refractivity contribution in [1.82, 2.24) is 15.5 Å². The Bertz CT molecular complexity index is 542. The number of guanidine groups is 1. The maximum atomic E-state index is 4.80. The zero-order chi connectivity index (χ0) is 16.1. The van der Waals surface area contributed by atoms with Gasteiger partial charge in [-0.1, -0.05) is 24.3 Å². The second kappa shape index (κ2) is 9.61. The molecule has 1 aliphatic carbocycles. The van der Waals surface area contributed by atoms with E-state index in [0.717, 1.165) is 51.0 Å². The molecule has 5 heteroatoms. The van der Waals surface area contributed by atoms with Gasteiger partial charge in [0.25, 0.3) is 0 Å². The van der Waals surface area contributed by atoms with Gasteiger partial charge in [0.05, 0.1) is 6.54 Å². The lowest BCUT2D eigenvalue weighted by molar-refractivity contribution is 0.195. The highest BCUT2D eigenvalue weighted by Crippen LogP contribution is 2.27. The van der Waals surface area contributed by atoms with Gasteiger partial charge in [-0.15, -0.1) is 24.0 Å². The third-order valence-electron chi connectivity index (χ3n) is 4.90. The molecule has 1 saturated carbocycles. The minimum absolute atomic E-state index is 0. The van der Waals surface area contributed by atoms with Crippen LogP contribution in [0.3, 0.4) is 0 Å². The summed E-state index contributed by atoms with van der Waals surface area (Å²) in [6, 6.07) is 9.30. The molecule has 1 atom stereocenters. The van der Waals surface area contributed by atoms with E-state index in [2.05, 4.69) is 53.6 Å². The van der Waals surface area contributed by atoms with E-state index in [1.165, 1.54) is 24.0 Å². The van der Waals surface area contributed by atoms with E-state index < -0.39 is 0 Å². The van der Waals surface area contributed by atoms with E-state index in [1.807, 2.05) is 0 Å². The van der Waals surface area contributed by atoms with Crippen molar-refractivity contribution in [2.24, 2.45) is 10.9 Å². The largest absolute Gasteiger partial charge is 0.357 e. The first kappa shape index (κ1) is 19.5. The predicted octanol–water partition coefficient (Wildman–Crippen LogP) is 3.02. The summed E-state index contributed by atoms with van der Waals surface area (Å²) in [5.41, 5.74) is 2.99. The molecule has 0 aromatic heterocycles. The van der Waals surface area contributed by atoms with Crippen LogP contribution in [0.15, 0.2) is 29.3 Å². The third-order valence-corrected chi connectivity index (χ3v) is 4.90. The molecule has 134 valence electrons. The molecule has 2 aliphatic rings. The van der Waals surface area contributed by atoms with Crippen LogP contribution in [-0.4, -0.2) is 43.1 Å². The van der Waals surface area contributed by atoms with Gasteiger partial charge in [0.2, 0.25) is 0 Å². The highest BCUT2D eigenvalue weighted by atomic mass is 127. The fourth-order valence-electron chi connectivity index (χ4n) is 3.14. The van der Waals surface area contributed by atoms with Gasteiger partial charge in [0.15, 0.2) is 5.96 Å². The normalized spacial score (nSPS) is 19.2. The summed E-state index contributed by atoms with van der Waals surface area (Å²) in [6.45, 7) is 9.45. The van der Waals surface area contributed by atoms with Gasteiger partial charge >= 0.3 is 0 Å². The maximum absolute atomic E-state index is 4.80. The Morgan fingerprint density at radius 1 is 1.25 bits per heavy atom. The van der Waals surface area contributed by atoms with Crippen LogP contribution in [0.25, 0.3) is 0 Å². The van der Waals surface area contributed by atoms with Crippen LogP contribution in [0.2, 0.25) is 0 Å². The van der Waals surface area contributed by atoms with Gasteiger partial charge in [-0.05, 0) is 50.2 Å². The molecule has 4 nitrogen and oxygen atoms in total. The van der Waals surface area contributed by atoms with Crippen LogP contribution in [0.5, 0.6) is 0 Å². The zero-order valence-electron chi connectivity index (χ0n) is 14.9. The number of rotatable bonds is 6. The molecule has 0 amide bonds. The summed E-state index contributed by atoms with van der Waals surface area (Å²) in [7, 11) is 0. The fraction of sp³-hybridized carbons (Fsp3) is 0.632. The van der Waals surface area contributed by atoms with Crippen LogP contribution >= 0.6 is 24.0 Å². The Balaban J connectivity index is 0.00000208. The molecule has 0 radical (unpaired) electrons. The monoisotopic (exact) mass is 442 g/mol. The standard InChI is InChI=1S/C19H30N4.HI/c1-3-20-19(22-13-16-8-9-16)21-12-15(2)23-11-10-17-6-4-5-7-18(17)14-23;/h4-7,15-16H,3,8-14H2,1-2H3,(H2,20,21,22);1H. The number of halogens is 1. The van der Waals surface area contributed by atoms with Crippen LogP contribution in [0.1, 0.15) is 37.8 Å². The fourth-order valence-corrected chi connectivity index (χ4v) is 3.14. The second-order valence-corrected chi connectivity index (χ2v) is 6.88. The molecule has 2 N–H and O–H groups in total. The lowest BCUT2D eigenvalue weighted by Gasteiger charge is -2.33. The van der Waals surface area contributed by atoms with E-state index >= 15 is 0 Å². The van der Waals surface area contributed by atoms with Crippen molar-refractivity contribution in [3.05, 3.63) is 35.4 Å². The van der Waals surface area contributed by atoms with Gasteiger partial charge in [-0.3, -0.25) is 9.89 Å². The maximum Gasteiger partial charge on any atom is 0.191 e. The van der Waals surface area contributed by atoms with E-state index in [-0.39, 0.29) is 24.0 Å². The molecule has 1 aromatic rings. The van der Waals surface area contributed by atoms with Gasteiger partial charge < -0.3 is 10.6 Å². The van der Waals surface area contributed by atoms with Gasteiger partial charge in [-0.25, -0.2) is 0 Å². The SMILES string of the molecule is CCNC(=NCC(C)N1CCc2ccccc2C1)NCC1CC1.I. The lowest BCUT2D eigenvalue weighted by atomic mass is 9.99. The van der Waals surface area contributed by atoms with Crippen LogP contribution in [0.4, 0.5) is 0 Å². The first-order chi connectivity index (χ1) is 11.3. The Labute approximate surface area is 163 Å². The van der Waals surface area contributed by atoms with Crippen molar-refractivity contribution in [2.45, 2.75) is 45.7 Å². The smallest absolute Gasteiger partial charge is 0.191 e. The molecule has 0 bridgehead atoms. The van der Waals surface area contributed by atoms with E-state index in [0.29, 0.717) is 6.04 Å². The van der Waals surface area contributed by atoms with Crippen molar-refractivity contribution in [3.8, 4) is 0 Å². The average molecular weight is 442 g/mol. The molecular weight excluding hydrogens is 411 g/mol. The van der Waals surface area contributed by atoms with Crippen LogP contribution < -0.4 is 10.6 Å². The van der Waals surface area contributed by atoms with Crippen molar-refractivity contribution < 1.29 is 0 Å². The molecule has 1 heterocycles. The van der Waals surface area contributed by atoms with Gasteiger partial charge in [-0.2, -0.15) is 0 Å². The minimum Gasteiger partial charge on any atom is -0.357 e. The van der Waals surface area contributed by atoms with Crippen molar-refractivity contribution in [1.29, 1.82) is 0 Å². The van der Waals surface area contributed by atoms with Gasteiger partial charge in [0, 0.05) is 32.2 Å². The zero-order valence-corrected chi connectivity index (χ0v) is 17.3. The number of fused-ring (bicyclic) bond motifs is 1. The molecule has 24 heavy (non-hydrogen) atoms. The Morgan fingerprint density at radius 3 is 2.71 bits per heavy atom. The summed E-state index contributed by atoms with van der Waals surface area (Å²) in [5.74, 6) is 1.85. The molecule has 1 aromatic carbocycles. The molecular formula is C19H31IN4. The predicted molar refractivity (Wildman–Crippen MR) is 112 cm³/mol. The average Bonchev–Trinajstić information content (AvgIpc) is 3.41. The minimum atomic E-state index is 0. The molecule has 1 unspecified atom stereocenters. The summed E-state index contributed by atoms with van der Waals surface area (Å²) in [6.07, 6.45) is 3.90. The number of aliphatic imine (C=N–C) groups is 1. The van der Waals surface area contributed by atoms with E-state index in [9.17, 15) is 0 Å². The van der Waals surface area contributed by atoms with Crippen molar-refractivity contribution >= 4 is 29.9 Å². The van der Waals surface area contributed by atoms with Crippen molar-refractivity contribution in [3.63, 3.8) is 0 Å².